The number of piperazine rings is 1. The number of amides is 2. The van der Waals surface area contributed by atoms with Crippen LogP contribution in [0.15, 0.2) is 48.5 Å². The van der Waals surface area contributed by atoms with Gasteiger partial charge in [-0.1, -0.05) is 42.0 Å². The Bertz CT molecular complexity index is 815. The van der Waals surface area contributed by atoms with E-state index in [4.69, 9.17) is 0 Å². The van der Waals surface area contributed by atoms with Crippen LogP contribution in [-0.4, -0.2) is 41.2 Å². The van der Waals surface area contributed by atoms with Gasteiger partial charge < -0.3 is 9.80 Å². The molecule has 0 bridgehead atoms. The summed E-state index contributed by atoms with van der Waals surface area (Å²) in [5.74, 6) is -0.0171. The number of fused-ring (bicyclic) bond motifs is 3. The minimum Gasteiger partial charge on any atom is -0.332 e. The fourth-order valence-corrected chi connectivity index (χ4v) is 3.79. The molecule has 1 saturated heterocycles. The van der Waals surface area contributed by atoms with Crippen molar-refractivity contribution in [2.24, 2.45) is 0 Å². The largest absolute Gasteiger partial charge is 0.332 e. The molecule has 122 valence electrons. The summed E-state index contributed by atoms with van der Waals surface area (Å²) >= 11 is 0. The second-order valence-electron chi connectivity index (χ2n) is 6.61. The van der Waals surface area contributed by atoms with Gasteiger partial charge in [-0.2, -0.15) is 0 Å². The lowest BCUT2D eigenvalue weighted by Gasteiger charge is -2.44. The first-order chi connectivity index (χ1) is 11.6. The summed E-state index contributed by atoms with van der Waals surface area (Å²) in [6.45, 7) is 3.45. The zero-order valence-corrected chi connectivity index (χ0v) is 13.7. The highest BCUT2D eigenvalue weighted by molar-refractivity contribution is 5.97. The molecule has 1 fully saturated rings. The first-order valence-electron chi connectivity index (χ1n) is 8.37. The lowest BCUT2D eigenvalue weighted by Crippen LogP contribution is -2.55. The molecule has 4 heteroatoms. The fourth-order valence-electron chi connectivity index (χ4n) is 3.79. The molecule has 2 aliphatic rings. The van der Waals surface area contributed by atoms with Crippen LogP contribution in [0, 0.1) is 6.92 Å². The van der Waals surface area contributed by atoms with Crippen LogP contribution >= 0.6 is 0 Å². The third-order valence-electron chi connectivity index (χ3n) is 5.00. The van der Waals surface area contributed by atoms with Gasteiger partial charge in [-0.15, -0.1) is 0 Å². The maximum Gasteiger partial charge on any atom is 0.254 e. The van der Waals surface area contributed by atoms with Crippen LogP contribution in [0.3, 0.4) is 0 Å². The zero-order chi connectivity index (χ0) is 16.7. The molecule has 2 aromatic carbocycles. The van der Waals surface area contributed by atoms with Crippen molar-refractivity contribution in [2.45, 2.75) is 19.4 Å². The molecule has 2 heterocycles. The Kier molecular flexibility index (Phi) is 3.60. The molecule has 24 heavy (non-hydrogen) atoms. The van der Waals surface area contributed by atoms with Crippen molar-refractivity contribution in [1.82, 2.24) is 9.80 Å². The molecule has 4 nitrogen and oxygen atoms in total. The Morgan fingerprint density at radius 3 is 2.79 bits per heavy atom. The second-order valence-corrected chi connectivity index (χ2v) is 6.61. The molecule has 0 aromatic heterocycles. The number of nitrogens with zero attached hydrogens (tertiary/aromatic N) is 2. The van der Waals surface area contributed by atoms with Gasteiger partial charge in [-0.25, -0.2) is 0 Å². The van der Waals surface area contributed by atoms with Gasteiger partial charge in [0.15, 0.2) is 0 Å². The van der Waals surface area contributed by atoms with E-state index >= 15 is 0 Å². The van der Waals surface area contributed by atoms with Gasteiger partial charge in [0.2, 0.25) is 5.91 Å². The number of benzene rings is 2. The average Bonchev–Trinajstić information content (AvgIpc) is 2.61. The lowest BCUT2D eigenvalue weighted by molar-refractivity contribution is -0.139. The summed E-state index contributed by atoms with van der Waals surface area (Å²) in [5, 5.41) is 0. The molecule has 0 unspecified atom stereocenters. The molecule has 0 saturated carbocycles. The number of hydrogen-bond donors (Lipinski definition) is 0. The molecule has 4 rings (SSSR count). The van der Waals surface area contributed by atoms with E-state index in [2.05, 4.69) is 12.1 Å². The van der Waals surface area contributed by atoms with Crippen LogP contribution in [0.4, 0.5) is 0 Å². The van der Waals surface area contributed by atoms with Gasteiger partial charge in [0, 0.05) is 18.7 Å². The highest BCUT2D eigenvalue weighted by Gasteiger charge is 2.38. The van der Waals surface area contributed by atoms with E-state index in [-0.39, 0.29) is 24.4 Å². The van der Waals surface area contributed by atoms with Crippen molar-refractivity contribution in [3.63, 3.8) is 0 Å². The SMILES string of the molecule is Cc1cccc(C(=O)N2CC(=O)N3CCc4ccccc4[C@H]3C2)c1. The van der Waals surface area contributed by atoms with E-state index in [9.17, 15) is 9.59 Å². The quantitative estimate of drug-likeness (QED) is 0.810. The van der Waals surface area contributed by atoms with Crippen LogP contribution in [0.1, 0.15) is 33.1 Å². The molecule has 1 atom stereocenters. The Balaban J connectivity index is 1.65. The summed E-state index contributed by atoms with van der Waals surface area (Å²) in [4.78, 5) is 29.1. The average molecular weight is 320 g/mol. The normalized spacial score (nSPS) is 19.7. The van der Waals surface area contributed by atoms with E-state index < -0.39 is 0 Å². The molecule has 0 spiro atoms. The summed E-state index contributed by atoms with van der Waals surface area (Å²) in [6, 6.07) is 15.8. The Morgan fingerprint density at radius 2 is 1.96 bits per heavy atom. The summed E-state index contributed by atoms with van der Waals surface area (Å²) in [5.41, 5.74) is 4.17. The number of aryl methyl sites for hydroxylation is 1. The summed E-state index contributed by atoms with van der Waals surface area (Å²) in [7, 11) is 0. The molecule has 0 N–H and O–H groups in total. The van der Waals surface area contributed by atoms with Crippen molar-refractivity contribution in [2.75, 3.05) is 19.6 Å². The van der Waals surface area contributed by atoms with Gasteiger partial charge in [0.1, 0.15) is 6.54 Å². The van der Waals surface area contributed by atoms with Gasteiger partial charge in [-0.3, -0.25) is 9.59 Å². The van der Waals surface area contributed by atoms with Gasteiger partial charge in [0.05, 0.1) is 6.04 Å². The predicted octanol–water partition coefficient (Wildman–Crippen LogP) is 2.58. The van der Waals surface area contributed by atoms with Crippen molar-refractivity contribution >= 4 is 11.8 Å². The van der Waals surface area contributed by atoms with E-state index in [0.29, 0.717) is 12.1 Å². The van der Waals surface area contributed by atoms with Gasteiger partial charge in [0.25, 0.3) is 5.91 Å². The second kappa shape index (κ2) is 5.78. The molecule has 0 radical (unpaired) electrons. The maximum atomic E-state index is 12.8. The van der Waals surface area contributed by atoms with E-state index in [1.807, 2.05) is 48.2 Å². The number of carbonyl (C=O) groups excluding carboxylic acids is 2. The number of rotatable bonds is 1. The van der Waals surface area contributed by atoms with Crippen molar-refractivity contribution in [3.8, 4) is 0 Å². The zero-order valence-electron chi connectivity index (χ0n) is 13.7. The van der Waals surface area contributed by atoms with E-state index in [1.165, 1.54) is 11.1 Å². The highest BCUT2D eigenvalue weighted by Crippen LogP contribution is 2.33. The smallest absolute Gasteiger partial charge is 0.254 e. The number of carbonyl (C=O) groups is 2. The number of hydrogen-bond acceptors (Lipinski definition) is 2. The van der Waals surface area contributed by atoms with Gasteiger partial charge in [-0.05, 0) is 36.6 Å². The van der Waals surface area contributed by atoms with E-state index in [1.54, 1.807) is 4.90 Å². The summed E-state index contributed by atoms with van der Waals surface area (Å²) in [6.07, 6.45) is 0.893. The van der Waals surface area contributed by atoms with Gasteiger partial charge >= 0.3 is 0 Å². The molecular weight excluding hydrogens is 300 g/mol. The topological polar surface area (TPSA) is 40.6 Å². The summed E-state index contributed by atoms with van der Waals surface area (Å²) < 4.78 is 0. The van der Waals surface area contributed by atoms with E-state index in [0.717, 1.165) is 18.5 Å². The van der Waals surface area contributed by atoms with Crippen molar-refractivity contribution in [1.29, 1.82) is 0 Å². The minimum absolute atomic E-state index is 0.0232. The molecule has 2 amide bonds. The van der Waals surface area contributed by atoms with Crippen molar-refractivity contribution < 1.29 is 9.59 Å². The Hall–Kier alpha value is -2.62. The predicted molar refractivity (Wildman–Crippen MR) is 91.7 cm³/mol. The van der Waals surface area contributed by atoms with Crippen LogP contribution < -0.4 is 0 Å². The third kappa shape index (κ3) is 2.48. The van der Waals surface area contributed by atoms with Crippen LogP contribution in [-0.2, 0) is 11.2 Å². The first kappa shape index (κ1) is 14.9. The fraction of sp³-hybridized carbons (Fsp3) is 0.300. The van der Waals surface area contributed by atoms with Crippen molar-refractivity contribution in [3.05, 3.63) is 70.8 Å². The standard InChI is InChI=1S/C20H20N2O2/c1-14-5-4-7-16(11-14)20(24)21-12-18-17-8-3-2-6-15(17)9-10-22(18)19(23)13-21/h2-8,11,18H,9-10,12-13H2,1H3/t18-/m1/s1. The van der Waals surface area contributed by atoms with Crippen LogP contribution in [0.2, 0.25) is 0 Å². The first-order valence-corrected chi connectivity index (χ1v) is 8.37. The Labute approximate surface area is 141 Å². The monoisotopic (exact) mass is 320 g/mol. The lowest BCUT2D eigenvalue weighted by atomic mass is 9.90. The molecule has 2 aliphatic heterocycles. The van der Waals surface area contributed by atoms with Crippen LogP contribution in [0.25, 0.3) is 0 Å². The highest BCUT2D eigenvalue weighted by atomic mass is 16.2. The minimum atomic E-state index is -0.0604. The molecular formula is C20H20N2O2. The Morgan fingerprint density at radius 1 is 1.12 bits per heavy atom. The molecule has 2 aromatic rings. The molecule has 0 aliphatic carbocycles. The third-order valence-corrected chi connectivity index (χ3v) is 5.00. The maximum absolute atomic E-state index is 12.8. The van der Waals surface area contributed by atoms with Crippen LogP contribution in [0.5, 0.6) is 0 Å².